The molecule has 3 aromatic rings. The van der Waals surface area contributed by atoms with E-state index < -0.39 is 0 Å². The first-order valence-corrected chi connectivity index (χ1v) is 9.77. The third-order valence-electron chi connectivity index (χ3n) is 6.37. The number of halogens is 2. The van der Waals surface area contributed by atoms with Crippen LogP contribution >= 0.6 is 23.2 Å². The van der Waals surface area contributed by atoms with E-state index in [1.54, 1.807) is 0 Å². The van der Waals surface area contributed by atoms with Gasteiger partial charge < -0.3 is 0 Å². The Labute approximate surface area is 164 Å². The van der Waals surface area contributed by atoms with Gasteiger partial charge in [0, 0.05) is 20.9 Å². The molecule has 3 aromatic carbocycles. The van der Waals surface area contributed by atoms with Gasteiger partial charge in [0.25, 0.3) is 0 Å². The summed E-state index contributed by atoms with van der Waals surface area (Å²) in [5.41, 5.74) is 10.3. The first kappa shape index (κ1) is 16.4. The zero-order valence-corrected chi connectivity index (χ0v) is 16.9. The smallest absolute Gasteiger partial charge is 0.0467 e. The van der Waals surface area contributed by atoms with Crippen molar-refractivity contribution in [2.24, 2.45) is 0 Å². The van der Waals surface area contributed by atoms with Crippen LogP contribution in [0.4, 0.5) is 0 Å². The van der Waals surface area contributed by atoms with Gasteiger partial charge in [0.05, 0.1) is 0 Å². The Kier molecular flexibility index (Phi) is 3.12. The van der Waals surface area contributed by atoms with Crippen LogP contribution in [0.1, 0.15) is 49.9 Å². The Morgan fingerprint density at radius 2 is 1.23 bits per heavy atom. The molecule has 0 unspecified atom stereocenters. The van der Waals surface area contributed by atoms with Gasteiger partial charge >= 0.3 is 0 Å². The summed E-state index contributed by atoms with van der Waals surface area (Å²) in [5, 5.41) is 1.45. The van der Waals surface area contributed by atoms with Gasteiger partial charge in [-0.2, -0.15) is 0 Å². The molecule has 2 aliphatic rings. The van der Waals surface area contributed by atoms with Gasteiger partial charge in [-0.1, -0.05) is 75.2 Å². The summed E-state index contributed by atoms with van der Waals surface area (Å²) in [4.78, 5) is 0. The van der Waals surface area contributed by atoms with E-state index >= 15 is 0 Å². The number of hydrogen-bond donors (Lipinski definition) is 0. The maximum Gasteiger partial charge on any atom is 0.0467 e. The molecule has 130 valence electrons. The van der Waals surface area contributed by atoms with E-state index in [1.165, 1.54) is 44.5 Å². The highest BCUT2D eigenvalue weighted by atomic mass is 35.5. The third kappa shape index (κ3) is 1.87. The number of hydrogen-bond acceptors (Lipinski definition) is 0. The standard InChI is InChI=1S/C24H20Cl2/c1-23(2)18-8-6-5-7-14(18)15-11-20-16(12-19(15)23)17-9-13(25)10-21(26)22(17)24(20,3)4/h5-12H,1-4H3. The van der Waals surface area contributed by atoms with Gasteiger partial charge in [-0.15, -0.1) is 0 Å². The second kappa shape index (κ2) is 4.94. The molecule has 26 heavy (non-hydrogen) atoms. The first-order valence-electron chi connectivity index (χ1n) is 9.01. The topological polar surface area (TPSA) is 0 Å². The monoisotopic (exact) mass is 378 g/mol. The summed E-state index contributed by atoms with van der Waals surface area (Å²) in [6, 6.07) is 17.5. The van der Waals surface area contributed by atoms with Crippen molar-refractivity contribution in [3.8, 4) is 22.3 Å². The summed E-state index contributed by atoms with van der Waals surface area (Å²) < 4.78 is 0. The van der Waals surface area contributed by atoms with E-state index in [-0.39, 0.29) is 10.8 Å². The number of benzene rings is 3. The van der Waals surface area contributed by atoms with Gasteiger partial charge in [0.1, 0.15) is 0 Å². The molecule has 5 rings (SSSR count). The Balaban J connectivity index is 1.88. The number of rotatable bonds is 0. The highest BCUT2D eigenvalue weighted by Crippen LogP contribution is 2.57. The fourth-order valence-corrected chi connectivity index (χ4v) is 5.77. The van der Waals surface area contributed by atoms with Crippen LogP contribution in [0.5, 0.6) is 0 Å². The van der Waals surface area contributed by atoms with Gasteiger partial charge in [-0.3, -0.25) is 0 Å². The van der Waals surface area contributed by atoms with E-state index in [0.717, 1.165) is 5.02 Å². The maximum atomic E-state index is 6.63. The average molecular weight is 379 g/mol. The molecule has 0 N–H and O–H groups in total. The lowest BCUT2D eigenvalue weighted by atomic mass is 9.79. The normalized spacial score (nSPS) is 17.5. The van der Waals surface area contributed by atoms with Gasteiger partial charge in [-0.05, 0) is 68.8 Å². The fourth-order valence-electron chi connectivity index (χ4n) is 5.04. The second-order valence-corrected chi connectivity index (χ2v) is 9.39. The zero-order chi connectivity index (χ0) is 18.4. The number of fused-ring (bicyclic) bond motifs is 6. The summed E-state index contributed by atoms with van der Waals surface area (Å²) in [5.74, 6) is 0. The highest BCUT2D eigenvalue weighted by Gasteiger charge is 2.42. The van der Waals surface area contributed by atoms with Crippen molar-refractivity contribution >= 4 is 23.2 Å². The molecular formula is C24H20Cl2. The van der Waals surface area contributed by atoms with Crippen LogP contribution in [0.25, 0.3) is 22.3 Å². The third-order valence-corrected chi connectivity index (χ3v) is 6.88. The van der Waals surface area contributed by atoms with E-state index in [4.69, 9.17) is 23.2 Å². The van der Waals surface area contributed by atoms with Crippen LogP contribution in [0, 0.1) is 0 Å². The van der Waals surface area contributed by atoms with E-state index in [2.05, 4.69) is 70.2 Å². The lowest BCUT2D eigenvalue weighted by molar-refractivity contribution is 0.652. The van der Waals surface area contributed by atoms with Crippen molar-refractivity contribution in [2.75, 3.05) is 0 Å². The molecule has 0 saturated carbocycles. The second-order valence-electron chi connectivity index (χ2n) is 8.55. The van der Waals surface area contributed by atoms with Crippen molar-refractivity contribution in [1.29, 1.82) is 0 Å². The minimum absolute atomic E-state index is 0.00375. The van der Waals surface area contributed by atoms with Crippen molar-refractivity contribution in [2.45, 2.75) is 38.5 Å². The SMILES string of the molecule is CC1(C)c2ccccc2-c2cc3c(cc21)-c1cc(Cl)cc(Cl)c1C3(C)C. The summed E-state index contributed by atoms with van der Waals surface area (Å²) in [6.07, 6.45) is 0. The summed E-state index contributed by atoms with van der Waals surface area (Å²) in [7, 11) is 0. The molecule has 2 aliphatic carbocycles. The largest absolute Gasteiger partial charge is 0.0843 e. The van der Waals surface area contributed by atoms with Crippen molar-refractivity contribution in [1.82, 2.24) is 0 Å². The van der Waals surface area contributed by atoms with E-state index in [1.807, 2.05) is 6.07 Å². The average Bonchev–Trinajstić information content (AvgIpc) is 2.94. The van der Waals surface area contributed by atoms with Crippen LogP contribution in [0.3, 0.4) is 0 Å². The Bertz CT molecular complexity index is 1100. The summed E-state index contributed by atoms with van der Waals surface area (Å²) in [6.45, 7) is 9.15. The van der Waals surface area contributed by atoms with Crippen LogP contribution in [0.15, 0.2) is 48.5 Å². The van der Waals surface area contributed by atoms with Crippen molar-refractivity contribution in [3.63, 3.8) is 0 Å². The molecule has 0 aliphatic heterocycles. The van der Waals surface area contributed by atoms with Gasteiger partial charge in [0.2, 0.25) is 0 Å². The maximum absolute atomic E-state index is 6.63. The van der Waals surface area contributed by atoms with Crippen molar-refractivity contribution in [3.05, 3.63) is 80.8 Å². The molecule has 0 spiro atoms. The Morgan fingerprint density at radius 1 is 0.615 bits per heavy atom. The van der Waals surface area contributed by atoms with Crippen LogP contribution in [-0.4, -0.2) is 0 Å². The highest BCUT2D eigenvalue weighted by molar-refractivity contribution is 6.36. The molecule has 0 amide bonds. The molecule has 0 atom stereocenters. The zero-order valence-electron chi connectivity index (χ0n) is 15.4. The minimum atomic E-state index is -0.136. The molecule has 0 nitrogen and oxygen atoms in total. The van der Waals surface area contributed by atoms with Crippen molar-refractivity contribution < 1.29 is 0 Å². The quantitative estimate of drug-likeness (QED) is 0.377. The van der Waals surface area contributed by atoms with Gasteiger partial charge in [0.15, 0.2) is 0 Å². The lowest BCUT2D eigenvalue weighted by Gasteiger charge is -2.24. The van der Waals surface area contributed by atoms with Crippen LogP contribution in [0.2, 0.25) is 10.0 Å². The molecule has 0 fully saturated rings. The van der Waals surface area contributed by atoms with E-state index in [0.29, 0.717) is 5.02 Å². The molecule has 0 aromatic heterocycles. The molecule has 0 radical (unpaired) electrons. The lowest BCUT2D eigenvalue weighted by Crippen LogP contribution is -2.17. The van der Waals surface area contributed by atoms with Crippen LogP contribution in [-0.2, 0) is 10.8 Å². The molecular weight excluding hydrogens is 359 g/mol. The predicted octanol–water partition coefficient (Wildman–Crippen LogP) is 7.61. The molecule has 0 saturated heterocycles. The Hall–Kier alpha value is -1.76. The van der Waals surface area contributed by atoms with Gasteiger partial charge in [-0.25, -0.2) is 0 Å². The minimum Gasteiger partial charge on any atom is -0.0843 e. The van der Waals surface area contributed by atoms with Crippen LogP contribution < -0.4 is 0 Å². The predicted molar refractivity (Wildman–Crippen MR) is 112 cm³/mol. The Morgan fingerprint density at radius 3 is 1.96 bits per heavy atom. The molecule has 2 heteroatoms. The summed E-state index contributed by atoms with van der Waals surface area (Å²) >= 11 is 13.0. The fraction of sp³-hybridized carbons (Fsp3) is 0.250. The molecule has 0 heterocycles. The molecule has 0 bridgehead atoms. The first-order chi connectivity index (χ1) is 12.2. The van der Waals surface area contributed by atoms with E-state index in [9.17, 15) is 0 Å².